The maximum atomic E-state index is 13.3. The molecule has 0 bridgehead atoms. The number of aromatic nitrogens is 1. The zero-order chi connectivity index (χ0) is 28.9. The van der Waals surface area contributed by atoms with Gasteiger partial charge in [0.1, 0.15) is 11.6 Å². The molecule has 0 fully saturated rings. The van der Waals surface area contributed by atoms with Gasteiger partial charge in [0.15, 0.2) is 18.1 Å². The number of carbonyl (C=O) groups excluding carboxylic acids is 2. The number of benzene rings is 3. The highest BCUT2D eigenvalue weighted by molar-refractivity contribution is 6.20. The van der Waals surface area contributed by atoms with Gasteiger partial charge in [-0.2, -0.15) is 18.4 Å². The molecule has 1 heterocycles. The lowest BCUT2D eigenvalue weighted by molar-refractivity contribution is -0.137. The number of nitriles is 1. The largest absolute Gasteiger partial charge is 0.490 e. The van der Waals surface area contributed by atoms with Crippen LogP contribution in [0.4, 0.5) is 18.9 Å². The summed E-state index contributed by atoms with van der Waals surface area (Å²) >= 11 is 0. The molecule has 0 radical (unpaired) electrons. The smallest absolute Gasteiger partial charge is 0.416 e. The Morgan fingerprint density at radius 1 is 1.02 bits per heavy atom. The molecule has 204 valence electrons. The van der Waals surface area contributed by atoms with E-state index in [2.05, 4.69) is 10.3 Å². The Hall–Kier alpha value is -5.04. The van der Waals surface area contributed by atoms with Gasteiger partial charge in [-0.1, -0.05) is 30.3 Å². The van der Waals surface area contributed by atoms with Gasteiger partial charge in [-0.25, -0.2) is 0 Å². The molecular formula is C30H24F3N3O4. The number of alkyl halides is 3. The molecule has 2 N–H and O–H groups in total. The Bertz CT molecular complexity index is 1650. The van der Waals surface area contributed by atoms with Crippen molar-refractivity contribution in [3.63, 3.8) is 0 Å². The molecule has 1 amide bonds. The van der Waals surface area contributed by atoms with E-state index in [9.17, 15) is 28.0 Å². The van der Waals surface area contributed by atoms with Crippen molar-refractivity contribution in [3.8, 4) is 17.6 Å². The van der Waals surface area contributed by atoms with E-state index in [-0.39, 0.29) is 29.4 Å². The first-order valence-electron chi connectivity index (χ1n) is 12.2. The second-order valence-electron chi connectivity index (χ2n) is 8.72. The van der Waals surface area contributed by atoms with Gasteiger partial charge in [-0.3, -0.25) is 9.59 Å². The molecule has 3 aromatic carbocycles. The molecule has 0 aliphatic carbocycles. The number of fused-ring (bicyclic) bond motifs is 1. The number of aryl methyl sites for hydroxylation is 1. The lowest BCUT2D eigenvalue weighted by atomic mass is 9.99. The number of amides is 1. The van der Waals surface area contributed by atoms with Crippen molar-refractivity contribution >= 4 is 34.4 Å². The summed E-state index contributed by atoms with van der Waals surface area (Å²) in [7, 11) is 0. The van der Waals surface area contributed by atoms with E-state index >= 15 is 0 Å². The highest BCUT2D eigenvalue weighted by atomic mass is 19.4. The molecule has 0 saturated heterocycles. The molecule has 0 saturated carbocycles. The number of anilines is 1. The summed E-state index contributed by atoms with van der Waals surface area (Å²) in [6.07, 6.45) is -3.10. The predicted molar refractivity (Wildman–Crippen MR) is 144 cm³/mol. The van der Waals surface area contributed by atoms with Gasteiger partial charge >= 0.3 is 6.18 Å². The van der Waals surface area contributed by atoms with Crippen LogP contribution in [0.15, 0.2) is 72.3 Å². The van der Waals surface area contributed by atoms with Crippen molar-refractivity contribution in [3.05, 3.63) is 94.7 Å². The summed E-state index contributed by atoms with van der Waals surface area (Å²) in [4.78, 5) is 28.8. The van der Waals surface area contributed by atoms with Gasteiger partial charge in [0.25, 0.3) is 5.91 Å². The number of nitrogens with one attached hydrogen (secondary N) is 2. The lowest BCUT2D eigenvalue weighted by Gasteiger charge is -2.13. The van der Waals surface area contributed by atoms with Crippen molar-refractivity contribution in [2.24, 2.45) is 0 Å². The number of ether oxygens (including phenoxy) is 2. The molecule has 10 heteroatoms. The lowest BCUT2D eigenvalue weighted by Crippen LogP contribution is -2.20. The van der Waals surface area contributed by atoms with Crippen LogP contribution in [-0.4, -0.2) is 29.9 Å². The Kier molecular flexibility index (Phi) is 8.24. The second-order valence-corrected chi connectivity index (χ2v) is 8.72. The minimum atomic E-state index is -4.54. The third kappa shape index (κ3) is 6.32. The summed E-state index contributed by atoms with van der Waals surface area (Å²) in [6, 6.07) is 18.2. The number of allylic oxidation sites excluding steroid dienone is 1. The summed E-state index contributed by atoms with van der Waals surface area (Å²) in [5, 5.41) is 12.9. The monoisotopic (exact) mass is 547 g/mol. The van der Waals surface area contributed by atoms with E-state index in [1.807, 2.05) is 30.3 Å². The maximum Gasteiger partial charge on any atom is 0.416 e. The van der Waals surface area contributed by atoms with E-state index in [1.165, 1.54) is 24.3 Å². The highest BCUT2D eigenvalue weighted by Gasteiger charge is 2.30. The minimum Gasteiger partial charge on any atom is -0.490 e. The Morgan fingerprint density at radius 3 is 2.52 bits per heavy atom. The van der Waals surface area contributed by atoms with Crippen LogP contribution in [0.5, 0.6) is 11.5 Å². The van der Waals surface area contributed by atoms with E-state index in [4.69, 9.17) is 9.47 Å². The van der Waals surface area contributed by atoms with Gasteiger partial charge in [0.2, 0.25) is 5.78 Å². The number of rotatable bonds is 9. The Labute approximate surface area is 227 Å². The molecule has 40 heavy (non-hydrogen) atoms. The first-order valence-corrected chi connectivity index (χ1v) is 12.2. The minimum absolute atomic E-state index is 0.0203. The number of Topliss-reactive ketones (excluding diaryl/α,β-unsaturated/α-hetero) is 1. The molecule has 0 atom stereocenters. The standard InChI is InChI=1S/C30H24F3N3O4/c1-3-39-26-14-19(13-20(16-34)29(38)28-18(2)35-24-10-5-4-9-23(24)28)11-12-25(26)40-17-27(37)36-22-8-6-7-21(15-22)30(31,32)33/h4-15,35H,3,17H2,1-2H3,(H,36,37). The normalized spacial score (nSPS) is 11.7. The topological polar surface area (TPSA) is 104 Å². The molecule has 4 rings (SSSR count). The van der Waals surface area contributed by atoms with Gasteiger partial charge in [0.05, 0.1) is 17.7 Å². The molecule has 0 aliphatic heterocycles. The van der Waals surface area contributed by atoms with Crippen LogP contribution in [0.1, 0.15) is 34.1 Å². The van der Waals surface area contributed by atoms with Crippen LogP contribution in [-0.2, 0) is 11.0 Å². The summed E-state index contributed by atoms with van der Waals surface area (Å²) in [5.74, 6) is -0.633. The zero-order valence-corrected chi connectivity index (χ0v) is 21.6. The van der Waals surface area contributed by atoms with Crippen LogP contribution in [0.25, 0.3) is 17.0 Å². The van der Waals surface area contributed by atoms with Crippen LogP contribution >= 0.6 is 0 Å². The van der Waals surface area contributed by atoms with Gasteiger partial charge < -0.3 is 19.8 Å². The highest BCUT2D eigenvalue weighted by Crippen LogP contribution is 2.32. The first kappa shape index (κ1) is 28.0. The van der Waals surface area contributed by atoms with Crippen molar-refractivity contribution in [2.75, 3.05) is 18.5 Å². The van der Waals surface area contributed by atoms with Crippen molar-refractivity contribution < 1.29 is 32.2 Å². The number of halogens is 3. The number of hydrogen-bond acceptors (Lipinski definition) is 5. The van der Waals surface area contributed by atoms with Crippen LogP contribution < -0.4 is 14.8 Å². The van der Waals surface area contributed by atoms with Crippen molar-refractivity contribution in [1.82, 2.24) is 4.98 Å². The molecule has 1 aromatic heterocycles. The maximum absolute atomic E-state index is 13.3. The number of aromatic amines is 1. The SMILES string of the molecule is CCOc1cc(C=C(C#N)C(=O)c2c(C)[nH]c3ccccc23)ccc1OCC(=O)Nc1cccc(C(F)(F)F)c1. The average molecular weight is 548 g/mol. The second kappa shape index (κ2) is 11.8. The summed E-state index contributed by atoms with van der Waals surface area (Å²) in [6.45, 7) is 3.28. The van der Waals surface area contributed by atoms with E-state index in [0.29, 0.717) is 22.2 Å². The zero-order valence-electron chi connectivity index (χ0n) is 21.6. The fourth-order valence-corrected chi connectivity index (χ4v) is 4.13. The fraction of sp³-hybridized carbons (Fsp3) is 0.167. The van der Waals surface area contributed by atoms with Gasteiger partial charge in [0, 0.05) is 22.3 Å². The fourth-order valence-electron chi connectivity index (χ4n) is 4.13. The molecule has 0 aliphatic rings. The van der Waals surface area contributed by atoms with E-state index in [0.717, 1.165) is 17.6 Å². The quantitative estimate of drug-likeness (QED) is 0.138. The Balaban J connectivity index is 1.51. The molecular weight excluding hydrogens is 523 g/mol. The van der Waals surface area contributed by atoms with Crippen molar-refractivity contribution in [2.45, 2.75) is 20.0 Å². The third-order valence-corrected chi connectivity index (χ3v) is 5.90. The van der Waals surface area contributed by atoms with Crippen LogP contribution in [0.3, 0.4) is 0 Å². The molecule has 7 nitrogen and oxygen atoms in total. The number of ketones is 1. The van der Waals surface area contributed by atoms with Crippen LogP contribution in [0.2, 0.25) is 0 Å². The van der Waals surface area contributed by atoms with Crippen molar-refractivity contribution in [1.29, 1.82) is 5.26 Å². The van der Waals surface area contributed by atoms with Crippen LogP contribution in [0, 0.1) is 18.3 Å². The van der Waals surface area contributed by atoms with Gasteiger partial charge in [-0.05, 0) is 61.9 Å². The number of hydrogen-bond donors (Lipinski definition) is 2. The van der Waals surface area contributed by atoms with E-state index < -0.39 is 30.0 Å². The first-order chi connectivity index (χ1) is 19.1. The van der Waals surface area contributed by atoms with Gasteiger partial charge in [-0.15, -0.1) is 0 Å². The number of nitrogens with zero attached hydrogens (tertiary/aromatic N) is 1. The average Bonchev–Trinajstić information content (AvgIpc) is 3.26. The summed E-state index contributed by atoms with van der Waals surface area (Å²) in [5.41, 5.74) is 1.36. The van der Waals surface area contributed by atoms with E-state index in [1.54, 1.807) is 26.0 Å². The summed E-state index contributed by atoms with van der Waals surface area (Å²) < 4.78 is 50.0. The molecule has 0 spiro atoms. The number of carbonyl (C=O) groups is 2. The number of para-hydroxylation sites is 1. The Morgan fingerprint density at radius 2 is 1.80 bits per heavy atom. The molecule has 4 aromatic rings. The third-order valence-electron chi connectivity index (χ3n) is 5.90. The number of H-pyrrole nitrogens is 1. The molecule has 0 unspecified atom stereocenters. The predicted octanol–water partition coefficient (Wildman–Crippen LogP) is 6.70.